The monoisotopic (exact) mass is 385 g/mol. The maximum Gasteiger partial charge on any atom is 0.344 e. The molecule has 2 aromatic carbocycles. The van der Waals surface area contributed by atoms with Gasteiger partial charge in [-0.25, -0.2) is 4.79 Å². The smallest absolute Gasteiger partial charge is 0.344 e. The van der Waals surface area contributed by atoms with Crippen molar-refractivity contribution in [3.05, 3.63) is 54.1 Å². The van der Waals surface area contributed by atoms with Gasteiger partial charge in [-0.3, -0.25) is 4.79 Å². The number of hydrogen-bond acceptors (Lipinski definition) is 5. The molecular weight excluding hydrogens is 358 g/mol. The van der Waals surface area contributed by atoms with Crippen molar-refractivity contribution >= 4 is 17.6 Å². The number of benzene rings is 2. The van der Waals surface area contributed by atoms with E-state index in [4.69, 9.17) is 14.2 Å². The zero-order valence-corrected chi connectivity index (χ0v) is 16.7. The average Bonchev–Trinajstić information content (AvgIpc) is 2.72. The van der Waals surface area contributed by atoms with Crippen molar-refractivity contribution in [3.8, 4) is 11.5 Å². The Morgan fingerprint density at radius 1 is 1.00 bits per heavy atom. The minimum atomic E-state index is -0.933. The third kappa shape index (κ3) is 6.01. The van der Waals surface area contributed by atoms with Gasteiger partial charge < -0.3 is 19.5 Å². The van der Waals surface area contributed by atoms with Crippen LogP contribution in [-0.4, -0.2) is 31.7 Å². The highest BCUT2D eigenvalue weighted by Gasteiger charge is 2.20. The maximum atomic E-state index is 12.4. The third-order valence-electron chi connectivity index (χ3n) is 4.46. The number of carbonyl (C=O) groups excluding carboxylic acids is 2. The molecule has 0 aliphatic rings. The van der Waals surface area contributed by atoms with Crippen molar-refractivity contribution in [2.45, 2.75) is 39.2 Å². The minimum Gasteiger partial charge on any atom is -0.497 e. The van der Waals surface area contributed by atoms with E-state index in [2.05, 4.69) is 19.2 Å². The Morgan fingerprint density at radius 3 is 2.29 bits per heavy atom. The molecule has 2 rings (SSSR count). The Balaban J connectivity index is 1.87. The lowest BCUT2D eigenvalue weighted by atomic mass is 9.97. The second-order valence-corrected chi connectivity index (χ2v) is 6.48. The molecule has 150 valence electrons. The van der Waals surface area contributed by atoms with Gasteiger partial charge >= 0.3 is 5.97 Å². The van der Waals surface area contributed by atoms with Gasteiger partial charge in [-0.2, -0.15) is 0 Å². The molecular formula is C22H27NO5. The summed E-state index contributed by atoms with van der Waals surface area (Å²) in [5.41, 5.74) is 1.79. The lowest BCUT2D eigenvalue weighted by Gasteiger charge is -2.18. The molecule has 6 heteroatoms. The first-order valence-corrected chi connectivity index (χ1v) is 9.30. The Kier molecular flexibility index (Phi) is 7.87. The van der Waals surface area contributed by atoms with E-state index in [9.17, 15) is 9.59 Å². The van der Waals surface area contributed by atoms with Gasteiger partial charge in [0.25, 0.3) is 5.91 Å². The van der Waals surface area contributed by atoms with E-state index < -0.39 is 12.1 Å². The number of hydrogen-bond donors (Lipinski definition) is 1. The van der Waals surface area contributed by atoms with Gasteiger partial charge in [0.1, 0.15) is 11.5 Å². The molecule has 0 aromatic heterocycles. The quantitative estimate of drug-likeness (QED) is 0.656. The van der Waals surface area contributed by atoms with Crippen LogP contribution in [0.1, 0.15) is 38.7 Å². The molecule has 6 nitrogen and oxygen atoms in total. The molecule has 1 N–H and O–H groups in total. The summed E-state index contributed by atoms with van der Waals surface area (Å²) in [5, 5.41) is 2.85. The number of nitrogens with one attached hydrogen (secondary N) is 1. The summed E-state index contributed by atoms with van der Waals surface area (Å²) in [6.07, 6.45) is 0.0251. The maximum absolute atomic E-state index is 12.4. The van der Waals surface area contributed by atoms with Crippen molar-refractivity contribution in [2.75, 3.05) is 19.0 Å². The van der Waals surface area contributed by atoms with Gasteiger partial charge in [-0.15, -0.1) is 0 Å². The predicted molar refractivity (Wildman–Crippen MR) is 108 cm³/mol. The van der Waals surface area contributed by atoms with Gasteiger partial charge in [0.15, 0.2) is 12.7 Å². The van der Waals surface area contributed by atoms with Crippen LogP contribution in [0.15, 0.2) is 48.5 Å². The van der Waals surface area contributed by atoms with Gasteiger partial charge in [0, 0.05) is 5.69 Å². The fourth-order valence-electron chi connectivity index (χ4n) is 2.59. The summed E-state index contributed by atoms with van der Waals surface area (Å²) in [5.74, 6) is 0.518. The second-order valence-electron chi connectivity index (χ2n) is 6.48. The third-order valence-corrected chi connectivity index (χ3v) is 4.46. The first-order chi connectivity index (χ1) is 13.4. The molecule has 0 aliphatic carbocycles. The molecule has 2 atom stereocenters. The summed E-state index contributed by atoms with van der Waals surface area (Å²) in [4.78, 5) is 24.4. The van der Waals surface area contributed by atoms with E-state index in [-0.39, 0.29) is 12.5 Å². The lowest BCUT2D eigenvalue weighted by Crippen LogP contribution is -2.32. The van der Waals surface area contributed by atoms with E-state index >= 15 is 0 Å². The van der Waals surface area contributed by atoms with Crippen molar-refractivity contribution in [1.82, 2.24) is 0 Å². The van der Waals surface area contributed by atoms with E-state index in [1.165, 1.54) is 6.92 Å². The Bertz CT molecular complexity index is 788. The van der Waals surface area contributed by atoms with Crippen LogP contribution < -0.4 is 14.8 Å². The fraction of sp³-hybridized carbons (Fsp3) is 0.364. The number of carbonyl (C=O) groups is 2. The number of esters is 1. The molecule has 0 fully saturated rings. The molecule has 1 amide bonds. The van der Waals surface area contributed by atoms with E-state index in [1.807, 2.05) is 24.3 Å². The summed E-state index contributed by atoms with van der Waals surface area (Å²) >= 11 is 0. The average molecular weight is 385 g/mol. The van der Waals surface area contributed by atoms with E-state index in [1.54, 1.807) is 31.4 Å². The Labute approximate surface area is 165 Å². The number of ether oxygens (including phenoxy) is 3. The Morgan fingerprint density at radius 2 is 1.64 bits per heavy atom. The molecule has 28 heavy (non-hydrogen) atoms. The van der Waals surface area contributed by atoms with Crippen LogP contribution >= 0.6 is 0 Å². The SMILES string of the molecule is CC[C@@H](C)c1ccccc1NC(=O)[C@H](C)OC(=O)COc1ccc(OC)cc1. The molecule has 0 unspecified atom stereocenters. The zero-order chi connectivity index (χ0) is 20.5. The number of para-hydroxylation sites is 1. The van der Waals surface area contributed by atoms with Gasteiger partial charge in [-0.1, -0.05) is 32.0 Å². The molecule has 0 saturated heterocycles. The molecule has 2 aromatic rings. The minimum absolute atomic E-state index is 0.284. The number of amides is 1. The van der Waals surface area contributed by atoms with Crippen LogP contribution in [-0.2, 0) is 14.3 Å². The number of rotatable bonds is 9. The van der Waals surface area contributed by atoms with Crippen molar-refractivity contribution in [2.24, 2.45) is 0 Å². The van der Waals surface area contributed by atoms with Crippen LogP contribution in [0.25, 0.3) is 0 Å². The topological polar surface area (TPSA) is 73.9 Å². The molecule has 0 bridgehead atoms. The zero-order valence-electron chi connectivity index (χ0n) is 16.7. The highest BCUT2D eigenvalue weighted by Crippen LogP contribution is 2.26. The predicted octanol–water partition coefficient (Wildman–Crippen LogP) is 4.16. The van der Waals surface area contributed by atoms with Crippen LogP contribution in [0, 0.1) is 0 Å². The molecule has 0 saturated carbocycles. The van der Waals surface area contributed by atoms with Gasteiger partial charge in [0.05, 0.1) is 7.11 Å². The van der Waals surface area contributed by atoms with E-state index in [0.717, 1.165) is 17.7 Å². The Hall–Kier alpha value is -3.02. The van der Waals surface area contributed by atoms with Crippen LogP contribution in [0.4, 0.5) is 5.69 Å². The van der Waals surface area contributed by atoms with Gasteiger partial charge in [-0.05, 0) is 55.2 Å². The van der Waals surface area contributed by atoms with Crippen LogP contribution in [0.3, 0.4) is 0 Å². The standard InChI is InChI=1S/C22H27NO5/c1-5-15(2)19-8-6-7-9-20(19)23-22(25)16(3)28-21(24)14-27-18-12-10-17(26-4)11-13-18/h6-13,15-16H,5,14H2,1-4H3,(H,23,25)/t15-,16+/m1/s1. The van der Waals surface area contributed by atoms with E-state index in [0.29, 0.717) is 17.4 Å². The molecule has 0 heterocycles. The summed E-state index contributed by atoms with van der Waals surface area (Å²) < 4.78 is 15.6. The summed E-state index contributed by atoms with van der Waals surface area (Å²) in [7, 11) is 1.57. The number of methoxy groups -OCH3 is 1. The van der Waals surface area contributed by atoms with Crippen molar-refractivity contribution in [1.29, 1.82) is 0 Å². The first kappa shape index (κ1) is 21.3. The summed E-state index contributed by atoms with van der Waals surface area (Å²) in [6, 6.07) is 14.5. The number of anilines is 1. The molecule has 0 spiro atoms. The first-order valence-electron chi connectivity index (χ1n) is 9.30. The largest absolute Gasteiger partial charge is 0.497 e. The highest BCUT2D eigenvalue weighted by molar-refractivity contribution is 5.95. The fourth-order valence-corrected chi connectivity index (χ4v) is 2.59. The summed E-state index contributed by atoms with van der Waals surface area (Å²) in [6.45, 7) is 5.45. The van der Waals surface area contributed by atoms with Crippen LogP contribution in [0.5, 0.6) is 11.5 Å². The normalized spacial score (nSPS) is 12.6. The van der Waals surface area contributed by atoms with Crippen molar-refractivity contribution < 1.29 is 23.8 Å². The van der Waals surface area contributed by atoms with Gasteiger partial charge in [0.2, 0.25) is 0 Å². The molecule has 0 aliphatic heterocycles. The molecule has 0 radical (unpaired) electrons. The second kappa shape index (κ2) is 10.3. The lowest BCUT2D eigenvalue weighted by molar-refractivity contribution is -0.155. The van der Waals surface area contributed by atoms with Crippen LogP contribution in [0.2, 0.25) is 0 Å². The van der Waals surface area contributed by atoms with Crippen molar-refractivity contribution in [3.63, 3.8) is 0 Å². The highest BCUT2D eigenvalue weighted by atomic mass is 16.6.